The molecule has 0 bridgehead atoms. The third-order valence-corrected chi connectivity index (χ3v) is 3.51. The Morgan fingerprint density at radius 3 is 2.85 bits per heavy atom. The molecule has 1 heterocycles. The van der Waals surface area contributed by atoms with Crippen LogP contribution in [0.1, 0.15) is 24.8 Å². The first kappa shape index (κ1) is 14.9. The van der Waals surface area contributed by atoms with Crippen molar-refractivity contribution >= 4 is 5.91 Å². The van der Waals surface area contributed by atoms with Crippen molar-refractivity contribution in [1.29, 1.82) is 0 Å². The number of benzene rings is 1. The number of piperidine rings is 1. The zero-order valence-electron chi connectivity index (χ0n) is 11.2. The molecule has 1 fully saturated rings. The largest absolute Gasteiger partial charge is 0.392 e. The summed E-state index contributed by atoms with van der Waals surface area (Å²) in [7, 11) is 0. The lowest BCUT2D eigenvalue weighted by molar-refractivity contribution is -0.136. The van der Waals surface area contributed by atoms with Gasteiger partial charge in [-0.2, -0.15) is 0 Å². The molecule has 1 aromatic carbocycles. The Kier molecular flexibility index (Phi) is 4.35. The van der Waals surface area contributed by atoms with Crippen molar-refractivity contribution in [1.82, 2.24) is 4.90 Å². The van der Waals surface area contributed by atoms with Gasteiger partial charge in [0.1, 0.15) is 0 Å². The molecule has 4 nitrogen and oxygen atoms in total. The van der Waals surface area contributed by atoms with Crippen LogP contribution in [0.4, 0.5) is 8.78 Å². The van der Waals surface area contributed by atoms with Gasteiger partial charge in [-0.3, -0.25) is 4.79 Å². The minimum Gasteiger partial charge on any atom is -0.392 e. The van der Waals surface area contributed by atoms with Crippen LogP contribution in [-0.2, 0) is 4.79 Å². The first-order valence-corrected chi connectivity index (χ1v) is 6.56. The van der Waals surface area contributed by atoms with Gasteiger partial charge in [0.25, 0.3) is 0 Å². The number of β-amino-alcohol motifs (C(OH)–C–C–N with tert-alkyl or cyclic N) is 1. The number of rotatable bonds is 3. The van der Waals surface area contributed by atoms with E-state index in [2.05, 4.69) is 0 Å². The third kappa shape index (κ3) is 2.96. The van der Waals surface area contributed by atoms with Crippen molar-refractivity contribution in [2.24, 2.45) is 5.73 Å². The van der Waals surface area contributed by atoms with Crippen molar-refractivity contribution in [2.45, 2.75) is 31.4 Å². The number of hydrogen-bond donors (Lipinski definition) is 2. The standard InChI is InChI=1S/C14H18F2N2O2/c1-8(19)6-18-7-9(5-12(17)14(18)20)10-3-2-4-11(15)13(10)16/h2-4,8-9,12,19H,5-7,17H2,1H3/t8-,9-,12+/m1/s1. The average Bonchev–Trinajstić information content (AvgIpc) is 2.37. The predicted molar refractivity (Wildman–Crippen MR) is 70.0 cm³/mol. The molecule has 2 rings (SSSR count). The Labute approximate surface area is 116 Å². The van der Waals surface area contributed by atoms with Crippen LogP contribution in [0, 0.1) is 11.6 Å². The summed E-state index contributed by atoms with van der Waals surface area (Å²) in [5.41, 5.74) is 6.00. The molecule has 20 heavy (non-hydrogen) atoms. The molecule has 0 radical (unpaired) electrons. The highest BCUT2D eigenvalue weighted by molar-refractivity contribution is 5.82. The van der Waals surface area contributed by atoms with Crippen LogP contribution in [0.3, 0.4) is 0 Å². The van der Waals surface area contributed by atoms with Gasteiger partial charge < -0.3 is 15.7 Å². The molecule has 1 aliphatic heterocycles. The Morgan fingerprint density at radius 1 is 1.50 bits per heavy atom. The minimum absolute atomic E-state index is 0.139. The fourth-order valence-electron chi connectivity index (χ4n) is 2.62. The second-order valence-electron chi connectivity index (χ2n) is 5.27. The fraction of sp³-hybridized carbons (Fsp3) is 0.500. The Bertz CT molecular complexity index is 508. The normalized spacial score (nSPS) is 24.9. The smallest absolute Gasteiger partial charge is 0.239 e. The molecule has 1 saturated heterocycles. The van der Waals surface area contributed by atoms with Crippen LogP contribution in [0.2, 0.25) is 0 Å². The van der Waals surface area contributed by atoms with Gasteiger partial charge in [-0.1, -0.05) is 12.1 Å². The van der Waals surface area contributed by atoms with Crippen molar-refractivity contribution in [3.8, 4) is 0 Å². The fourth-order valence-corrected chi connectivity index (χ4v) is 2.62. The van der Waals surface area contributed by atoms with Crippen molar-refractivity contribution in [3.63, 3.8) is 0 Å². The van der Waals surface area contributed by atoms with E-state index in [0.717, 1.165) is 6.07 Å². The Morgan fingerprint density at radius 2 is 2.20 bits per heavy atom. The maximum atomic E-state index is 13.8. The molecule has 1 aliphatic rings. The van der Waals surface area contributed by atoms with Gasteiger partial charge in [-0.05, 0) is 25.0 Å². The van der Waals surface area contributed by atoms with Crippen LogP contribution in [0.25, 0.3) is 0 Å². The summed E-state index contributed by atoms with van der Waals surface area (Å²) in [5, 5.41) is 9.40. The van der Waals surface area contributed by atoms with Crippen LogP contribution in [0.5, 0.6) is 0 Å². The lowest BCUT2D eigenvalue weighted by Gasteiger charge is -2.36. The SMILES string of the molecule is C[C@@H](O)CN1C[C@H](c2cccc(F)c2F)C[C@H](N)C1=O. The lowest BCUT2D eigenvalue weighted by Crippen LogP contribution is -2.52. The highest BCUT2D eigenvalue weighted by Gasteiger charge is 2.34. The maximum absolute atomic E-state index is 13.8. The second kappa shape index (κ2) is 5.85. The zero-order valence-corrected chi connectivity index (χ0v) is 11.2. The molecule has 0 aliphatic carbocycles. The number of nitrogens with two attached hydrogens (primary N) is 1. The lowest BCUT2D eigenvalue weighted by atomic mass is 9.87. The number of hydrogen-bond acceptors (Lipinski definition) is 3. The monoisotopic (exact) mass is 284 g/mol. The van der Waals surface area contributed by atoms with Gasteiger partial charge in [0.15, 0.2) is 11.6 Å². The van der Waals surface area contributed by atoms with Crippen molar-refractivity contribution < 1.29 is 18.7 Å². The first-order valence-electron chi connectivity index (χ1n) is 6.56. The number of aliphatic hydroxyl groups excluding tert-OH is 1. The van der Waals surface area contributed by atoms with E-state index in [9.17, 15) is 18.7 Å². The molecule has 0 saturated carbocycles. The van der Waals surface area contributed by atoms with Crippen molar-refractivity contribution in [3.05, 3.63) is 35.4 Å². The van der Waals surface area contributed by atoms with E-state index in [4.69, 9.17) is 5.73 Å². The Balaban J connectivity index is 2.24. The average molecular weight is 284 g/mol. The van der Waals surface area contributed by atoms with Gasteiger partial charge >= 0.3 is 0 Å². The van der Waals surface area contributed by atoms with E-state index in [1.165, 1.54) is 17.0 Å². The molecular formula is C14H18F2N2O2. The molecule has 110 valence electrons. The van der Waals surface area contributed by atoms with Crippen LogP contribution in [-0.4, -0.2) is 41.1 Å². The second-order valence-corrected chi connectivity index (χ2v) is 5.27. The van der Waals surface area contributed by atoms with Gasteiger partial charge in [-0.15, -0.1) is 0 Å². The summed E-state index contributed by atoms with van der Waals surface area (Å²) in [6.07, 6.45) is -0.419. The molecule has 0 spiro atoms. The van der Waals surface area contributed by atoms with Gasteiger partial charge in [-0.25, -0.2) is 8.78 Å². The highest BCUT2D eigenvalue weighted by Crippen LogP contribution is 2.29. The first-order chi connectivity index (χ1) is 9.40. The minimum atomic E-state index is -0.907. The summed E-state index contributed by atoms with van der Waals surface area (Å²) in [4.78, 5) is 13.3. The van der Waals surface area contributed by atoms with E-state index >= 15 is 0 Å². The van der Waals surface area contributed by atoms with E-state index in [1.54, 1.807) is 6.92 Å². The molecule has 1 amide bonds. The number of aliphatic hydroxyl groups is 1. The zero-order chi connectivity index (χ0) is 14.9. The molecule has 6 heteroatoms. The summed E-state index contributed by atoms with van der Waals surface area (Å²) in [6, 6.07) is 3.25. The number of carbonyl (C=O) groups excluding carboxylic acids is 1. The third-order valence-electron chi connectivity index (χ3n) is 3.51. The molecular weight excluding hydrogens is 266 g/mol. The van der Waals surface area contributed by atoms with Gasteiger partial charge in [0.2, 0.25) is 5.91 Å². The highest BCUT2D eigenvalue weighted by atomic mass is 19.2. The van der Waals surface area contributed by atoms with Crippen LogP contribution in [0.15, 0.2) is 18.2 Å². The molecule has 0 unspecified atom stereocenters. The van der Waals surface area contributed by atoms with Crippen LogP contribution >= 0.6 is 0 Å². The maximum Gasteiger partial charge on any atom is 0.239 e. The topological polar surface area (TPSA) is 66.6 Å². The molecule has 3 N–H and O–H groups in total. The van der Waals surface area contributed by atoms with E-state index in [-0.39, 0.29) is 36.9 Å². The quantitative estimate of drug-likeness (QED) is 0.870. The number of carbonyl (C=O) groups is 1. The number of amides is 1. The predicted octanol–water partition coefficient (Wildman–Crippen LogP) is 0.989. The summed E-state index contributed by atoms with van der Waals surface area (Å²) < 4.78 is 27.1. The van der Waals surface area contributed by atoms with E-state index in [1.807, 2.05) is 0 Å². The number of halogens is 2. The van der Waals surface area contributed by atoms with Crippen molar-refractivity contribution in [2.75, 3.05) is 13.1 Å². The van der Waals surface area contributed by atoms with Gasteiger partial charge in [0, 0.05) is 19.0 Å². The summed E-state index contributed by atoms with van der Waals surface area (Å²) >= 11 is 0. The van der Waals surface area contributed by atoms with E-state index in [0.29, 0.717) is 0 Å². The van der Waals surface area contributed by atoms with Crippen LogP contribution < -0.4 is 5.73 Å². The Hall–Kier alpha value is -1.53. The molecule has 1 aromatic rings. The summed E-state index contributed by atoms with van der Waals surface area (Å²) in [5.74, 6) is -2.43. The number of likely N-dealkylation sites (tertiary alicyclic amines) is 1. The molecule has 0 aromatic heterocycles. The molecule has 3 atom stereocenters. The van der Waals surface area contributed by atoms with Gasteiger partial charge in [0.05, 0.1) is 12.1 Å². The number of nitrogens with zero attached hydrogens (tertiary/aromatic N) is 1. The summed E-state index contributed by atoms with van der Waals surface area (Å²) in [6.45, 7) is 1.93. The van der Waals surface area contributed by atoms with E-state index < -0.39 is 23.8 Å².